The van der Waals surface area contributed by atoms with Gasteiger partial charge in [-0.1, -0.05) is 6.42 Å². The molecule has 15 heavy (non-hydrogen) atoms. The van der Waals surface area contributed by atoms with Crippen molar-refractivity contribution in [3.05, 3.63) is 0 Å². The van der Waals surface area contributed by atoms with Crippen LogP contribution in [0.5, 0.6) is 0 Å². The van der Waals surface area contributed by atoms with Crippen LogP contribution < -0.4 is 5.32 Å². The lowest BCUT2D eigenvalue weighted by molar-refractivity contribution is -0.132. The molecule has 82 valence electrons. The van der Waals surface area contributed by atoms with Gasteiger partial charge in [0.2, 0.25) is 5.91 Å². The molecule has 1 N–H and O–H groups in total. The van der Waals surface area contributed by atoms with Gasteiger partial charge in [-0.15, -0.1) is 0 Å². The van der Waals surface area contributed by atoms with E-state index in [9.17, 15) is 4.79 Å². The zero-order valence-electron chi connectivity index (χ0n) is 9.11. The zero-order chi connectivity index (χ0) is 9.99. The molecule has 0 radical (unpaired) electrons. The summed E-state index contributed by atoms with van der Waals surface area (Å²) in [5, 5.41) is 3.08. The van der Waals surface area contributed by atoms with Crippen molar-refractivity contribution in [3.8, 4) is 0 Å². The summed E-state index contributed by atoms with van der Waals surface area (Å²) in [6, 6.07) is 0. The van der Waals surface area contributed by atoms with E-state index in [2.05, 4.69) is 5.32 Å². The number of hydrogen-bond acceptors (Lipinski definition) is 1. The fraction of sp³-hybridized carbons (Fsp3) is 0.923. The molecule has 0 aromatic rings. The van der Waals surface area contributed by atoms with E-state index < -0.39 is 0 Å². The summed E-state index contributed by atoms with van der Waals surface area (Å²) >= 11 is 0. The highest BCUT2D eigenvalue weighted by Gasteiger charge is 2.61. The Bertz CT molecular complexity index is 314. The topological polar surface area (TPSA) is 29.1 Å². The van der Waals surface area contributed by atoms with E-state index in [0.717, 1.165) is 36.1 Å². The van der Waals surface area contributed by atoms with Crippen LogP contribution in [-0.2, 0) is 4.79 Å². The van der Waals surface area contributed by atoms with Crippen molar-refractivity contribution in [2.45, 2.75) is 32.1 Å². The Hall–Kier alpha value is -0.530. The van der Waals surface area contributed by atoms with Crippen LogP contribution in [0.1, 0.15) is 32.1 Å². The van der Waals surface area contributed by atoms with Crippen LogP contribution in [0.25, 0.3) is 0 Å². The van der Waals surface area contributed by atoms with Crippen molar-refractivity contribution in [1.29, 1.82) is 0 Å². The van der Waals surface area contributed by atoms with Crippen LogP contribution in [0.2, 0.25) is 0 Å². The molecule has 2 bridgehead atoms. The highest BCUT2D eigenvalue weighted by molar-refractivity contribution is 5.80. The van der Waals surface area contributed by atoms with E-state index in [1.807, 2.05) is 0 Å². The third-order valence-corrected chi connectivity index (χ3v) is 5.82. The van der Waals surface area contributed by atoms with Crippen LogP contribution in [0.4, 0.5) is 0 Å². The van der Waals surface area contributed by atoms with Crippen molar-refractivity contribution >= 4 is 5.91 Å². The summed E-state index contributed by atoms with van der Waals surface area (Å²) in [5.74, 6) is 5.23. The molecule has 1 heterocycles. The predicted octanol–water partition coefficient (Wildman–Crippen LogP) is 1.80. The zero-order valence-corrected chi connectivity index (χ0v) is 9.11. The minimum Gasteiger partial charge on any atom is -0.356 e. The minimum absolute atomic E-state index is 0.393. The van der Waals surface area contributed by atoms with E-state index >= 15 is 0 Å². The molecule has 1 saturated heterocycles. The van der Waals surface area contributed by atoms with Crippen LogP contribution in [-0.4, -0.2) is 12.5 Å². The van der Waals surface area contributed by atoms with Gasteiger partial charge in [0, 0.05) is 12.5 Å². The molecular formula is C13H19NO. The van der Waals surface area contributed by atoms with E-state index in [4.69, 9.17) is 0 Å². The Balaban J connectivity index is 1.71. The Labute approximate surface area is 90.8 Å². The van der Waals surface area contributed by atoms with Gasteiger partial charge in [-0.25, -0.2) is 0 Å². The lowest BCUT2D eigenvalue weighted by Gasteiger charge is -2.40. The second-order valence-electron chi connectivity index (χ2n) is 6.09. The highest BCUT2D eigenvalue weighted by atomic mass is 16.2. The third-order valence-electron chi connectivity index (χ3n) is 5.82. The minimum atomic E-state index is 0.393. The number of fused-ring (bicyclic) bond motifs is 8. The normalized spacial score (nSPS) is 56.4. The quantitative estimate of drug-likeness (QED) is 0.642. The van der Waals surface area contributed by atoms with Crippen molar-refractivity contribution in [3.63, 3.8) is 0 Å². The molecule has 6 atom stereocenters. The largest absolute Gasteiger partial charge is 0.356 e. The molecule has 4 rings (SSSR count). The first-order valence-corrected chi connectivity index (χ1v) is 6.64. The number of carbonyl (C=O) groups excluding carboxylic acids is 1. The van der Waals surface area contributed by atoms with Crippen LogP contribution in [0.3, 0.4) is 0 Å². The molecule has 0 spiro atoms. The summed E-state index contributed by atoms with van der Waals surface area (Å²) < 4.78 is 0. The number of rotatable bonds is 0. The van der Waals surface area contributed by atoms with Gasteiger partial charge in [0.1, 0.15) is 0 Å². The third kappa shape index (κ3) is 0.938. The maximum atomic E-state index is 11.9. The van der Waals surface area contributed by atoms with E-state index in [-0.39, 0.29) is 0 Å². The number of piperidine rings is 1. The van der Waals surface area contributed by atoms with Gasteiger partial charge in [-0.3, -0.25) is 4.79 Å². The number of carbonyl (C=O) groups is 1. The standard InChI is InChI=1S/C13H19NO/c15-13-12-9(4-5-14-13)10-6-11(12)8-3-1-2-7(8)10/h7-12H,1-6H2,(H,14,15). The van der Waals surface area contributed by atoms with Crippen LogP contribution in [0.15, 0.2) is 0 Å². The Morgan fingerprint density at radius 3 is 2.60 bits per heavy atom. The van der Waals surface area contributed by atoms with Crippen molar-refractivity contribution in [1.82, 2.24) is 5.32 Å². The molecule has 2 heteroatoms. The summed E-state index contributed by atoms with van der Waals surface area (Å²) in [5.41, 5.74) is 0. The molecule has 1 amide bonds. The SMILES string of the molecule is O=C1NCCC2C3CC(C4CCCC34)C12. The molecule has 0 aromatic heterocycles. The van der Waals surface area contributed by atoms with Gasteiger partial charge in [0.25, 0.3) is 0 Å². The fourth-order valence-electron chi connectivity index (χ4n) is 5.50. The molecule has 3 aliphatic carbocycles. The smallest absolute Gasteiger partial charge is 0.223 e. The Kier molecular flexibility index (Phi) is 1.59. The fourth-order valence-corrected chi connectivity index (χ4v) is 5.50. The monoisotopic (exact) mass is 205 g/mol. The van der Waals surface area contributed by atoms with Crippen LogP contribution >= 0.6 is 0 Å². The van der Waals surface area contributed by atoms with Crippen molar-refractivity contribution in [2.75, 3.05) is 6.54 Å². The van der Waals surface area contributed by atoms with E-state index in [0.29, 0.717) is 11.8 Å². The van der Waals surface area contributed by atoms with Crippen molar-refractivity contribution < 1.29 is 4.79 Å². The summed E-state index contributed by atoms with van der Waals surface area (Å²) in [6.45, 7) is 0.945. The average molecular weight is 205 g/mol. The van der Waals surface area contributed by atoms with E-state index in [1.165, 1.54) is 32.1 Å². The van der Waals surface area contributed by atoms with E-state index in [1.54, 1.807) is 0 Å². The first-order valence-electron chi connectivity index (χ1n) is 6.64. The highest BCUT2D eigenvalue weighted by Crippen LogP contribution is 2.64. The molecule has 2 nitrogen and oxygen atoms in total. The van der Waals surface area contributed by atoms with Gasteiger partial charge in [-0.05, 0) is 55.3 Å². The summed E-state index contributed by atoms with van der Waals surface area (Å²) in [7, 11) is 0. The van der Waals surface area contributed by atoms with Gasteiger partial charge in [-0.2, -0.15) is 0 Å². The lowest BCUT2D eigenvalue weighted by Crippen LogP contribution is -2.47. The lowest BCUT2D eigenvalue weighted by atomic mass is 9.67. The maximum Gasteiger partial charge on any atom is 0.223 e. The Morgan fingerprint density at radius 2 is 1.73 bits per heavy atom. The number of nitrogens with one attached hydrogen (secondary N) is 1. The maximum absolute atomic E-state index is 11.9. The molecule has 4 aliphatic rings. The van der Waals surface area contributed by atoms with Crippen LogP contribution in [0, 0.1) is 35.5 Å². The number of amides is 1. The predicted molar refractivity (Wildman–Crippen MR) is 57.0 cm³/mol. The summed E-state index contributed by atoms with van der Waals surface area (Å²) in [4.78, 5) is 11.9. The number of hydrogen-bond donors (Lipinski definition) is 1. The first kappa shape index (κ1) is 8.60. The Morgan fingerprint density at radius 1 is 0.933 bits per heavy atom. The summed E-state index contributed by atoms with van der Waals surface area (Å²) in [6.07, 6.45) is 6.97. The van der Waals surface area contributed by atoms with Gasteiger partial charge >= 0.3 is 0 Å². The van der Waals surface area contributed by atoms with Gasteiger partial charge in [0.05, 0.1) is 0 Å². The molecular weight excluding hydrogens is 186 g/mol. The molecule has 6 unspecified atom stereocenters. The van der Waals surface area contributed by atoms with Gasteiger partial charge in [0.15, 0.2) is 0 Å². The first-order chi connectivity index (χ1) is 7.36. The average Bonchev–Trinajstić information content (AvgIpc) is 2.88. The van der Waals surface area contributed by atoms with Gasteiger partial charge < -0.3 is 5.32 Å². The molecule has 0 aromatic carbocycles. The molecule has 1 aliphatic heterocycles. The molecule has 3 saturated carbocycles. The second-order valence-corrected chi connectivity index (χ2v) is 6.09. The second kappa shape index (κ2) is 2.78. The van der Waals surface area contributed by atoms with Crippen molar-refractivity contribution in [2.24, 2.45) is 35.5 Å². The molecule has 4 fully saturated rings.